The second-order valence-electron chi connectivity index (χ2n) is 11.4. The van der Waals surface area contributed by atoms with Crippen molar-refractivity contribution in [3.05, 3.63) is 52.6 Å². The highest BCUT2D eigenvalue weighted by molar-refractivity contribution is 5.85. The van der Waals surface area contributed by atoms with Crippen molar-refractivity contribution in [1.29, 1.82) is 0 Å². The van der Waals surface area contributed by atoms with Crippen LogP contribution in [-0.4, -0.2) is 76.1 Å². The van der Waals surface area contributed by atoms with Crippen LogP contribution in [0.5, 0.6) is 0 Å². The zero-order valence-electron chi connectivity index (χ0n) is 21.5. The lowest BCUT2D eigenvalue weighted by atomic mass is 9.60. The van der Waals surface area contributed by atoms with Crippen LogP contribution < -0.4 is 22.1 Å². The third kappa shape index (κ3) is 4.92. The fourth-order valence-electron chi connectivity index (χ4n) is 5.83. The number of likely N-dealkylation sites (tertiary alicyclic amines) is 1. The summed E-state index contributed by atoms with van der Waals surface area (Å²) in [5.74, 6) is 0.585. The minimum Gasteiger partial charge on any atom is -0.353 e. The Hall–Kier alpha value is -2.75. The monoisotopic (exact) mass is 493 g/mol. The van der Waals surface area contributed by atoms with Gasteiger partial charge in [-0.05, 0) is 81.8 Å². The predicted octanol–water partition coefficient (Wildman–Crippen LogP) is 1.32. The smallest absolute Gasteiger partial charge is 0.353 e. The zero-order valence-corrected chi connectivity index (χ0v) is 21.5. The average Bonchev–Trinajstić information content (AvgIpc) is 2.88. The van der Waals surface area contributed by atoms with Crippen molar-refractivity contribution in [3.8, 4) is 5.69 Å². The molecule has 9 nitrogen and oxygen atoms in total. The number of hydrogen-bond acceptors (Lipinski definition) is 7. The maximum absolute atomic E-state index is 12.8. The van der Waals surface area contributed by atoms with E-state index >= 15 is 0 Å². The van der Waals surface area contributed by atoms with E-state index in [1.54, 1.807) is 29.5 Å². The molecular formula is C27H39N7O2. The van der Waals surface area contributed by atoms with Gasteiger partial charge in [0.1, 0.15) is 5.82 Å². The Morgan fingerprint density at radius 2 is 1.69 bits per heavy atom. The summed E-state index contributed by atoms with van der Waals surface area (Å²) in [7, 11) is 0. The predicted molar refractivity (Wildman–Crippen MR) is 141 cm³/mol. The van der Waals surface area contributed by atoms with Gasteiger partial charge >= 0.3 is 5.69 Å². The number of anilines is 1. The molecule has 3 fully saturated rings. The van der Waals surface area contributed by atoms with E-state index in [2.05, 4.69) is 22.0 Å². The Kier molecular flexibility index (Phi) is 6.65. The lowest BCUT2D eigenvalue weighted by Crippen LogP contribution is -2.57. The lowest BCUT2D eigenvalue weighted by Gasteiger charge is -2.52. The molecule has 2 aromatic rings. The van der Waals surface area contributed by atoms with Gasteiger partial charge < -0.3 is 21.3 Å². The van der Waals surface area contributed by atoms with Crippen molar-refractivity contribution >= 4 is 11.7 Å². The van der Waals surface area contributed by atoms with E-state index in [0.717, 1.165) is 25.3 Å². The Morgan fingerprint density at radius 1 is 1.03 bits per heavy atom. The Labute approximate surface area is 213 Å². The molecule has 1 aliphatic carbocycles. The number of hydrogen-bond donors (Lipinski definition) is 2. The molecule has 1 saturated carbocycles. The first-order valence-corrected chi connectivity index (χ1v) is 13.1. The number of carbonyl (C=O) groups is 1. The average molecular weight is 494 g/mol. The molecule has 0 radical (unpaired) electrons. The van der Waals surface area contributed by atoms with E-state index in [1.807, 2.05) is 23.1 Å². The number of piperazine rings is 1. The highest BCUT2D eigenvalue weighted by Crippen LogP contribution is 2.48. The summed E-state index contributed by atoms with van der Waals surface area (Å²) < 4.78 is 1.58. The SMILES string of the molecule is CC(C)(N)C(=O)N1CCN(c2ccn(-c3ccc(CN4CCC5(CCC5N)CC4)cc3)c(=O)n2)CC1. The van der Waals surface area contributed by atoms with E-state index in [9.17, 15) is 9.59 Å². The molecule has 1 unspecified atom stereocenters. The maximum Gasteiger partial charge on any atom is 0.354 e. The van der Waals surface area contributed by atoms with Crippen molar-refractivity contribution in [1.82, 2.24) is 19.4 Å². The molecule has 1 amide bonds. The van der Waals surface area contributed by atoms with Crippen molar-refractivity contribution in [2.45, 2.75) is 57.7 Å². The molecule has 194 valence electrons. The molecule has 3 heterocycles. The second kappa shape index (κ2) is 9.61. The van der Waals surface area contributed by atoms with E-state index in [1.165, 1.54) is 31.2 Å². The number of piperidine rings is 1. The first kappa shape index (κ1) is 24.9. The summed E-state index contributed by atoms with van der Waals surface area (Å²) in [5.41, 5.74) is 13.5. The van der Waals surface area contributed by atoms with Gasteiger partial charge in [-0.3, -0.25) is 14.3 Å². The van der Waals surface area contributed by atoms with Gasteiger partial charge in [0.15, 0.2) is 0 Å². The molecule has 36 heavy (non-hydrogen) atoms. The molecule has 1 aromatic carbocycles. The molecule has 5 rings (SSSR count). The van der Waals surface area contributed by atoms with Gasteiger partial charge in [0, 0.05) is 45.0 Å². The van der Waals surface area contributed by atoms with Crippen LogP contribution in [0.25, 0.3) is 5.69 Å². The van der Waals surface area contributed by atoms with Gasteiger partial charge in [0.2, 0.25) is 5.91 Å². The number of aromatic nitrogens is 2. The molecule has 2 saturated heterocycles. The Morgan fingerprint density at radius 3 is 2.22 bits per heavy atom. The quantitative estimate of drug-likeness (QED) is 0.646. The largest absolute Gasteiger partial charge is 0.354 e. The number of nitrogens with zero attached hydrogens (tertiary/aromatic N) is 5. The Balaban J connectivity index is 1.18. The van der Waals surface area contributed by atoms with Crippen LogP contribution in [0, 0.1) is 5.41 Å². The normalized spacial score (nSPS) is 22.5. The summed E-state index contributed by atoms with van der Waals surface area (Å²) in [6.07, 6.45) is 6.67. The molecule has 1 atom stereocenters. The number of nitrogens with two attached hydrogens (primary N) is 2. The molecule has 4 N–H and O–H groups in total. The van der Waals surface area contributed by atoms with Crippen LogP contribution in [0.2, 0.25) is 0 Å². The second-order valence-corrected chi connectivity index (χ2v) is 11.4. The van der Waals surface area contributed by atoms with Crippen molar-refractivity contribution in [2.24, 2.45) is 16.9 Å². The lowest BCUT2D eigenvalue weighted by molar-refractivity contribution is -0.136. The Bertz CT molecular complexity index is 1140. The highest BCUT2D eigenvalue weighted by Gasteiger charge is 2.45. The topological polar surface area (TPSA) is 114 Å². The van der Waals surface area contributed by atoms with E-state index in [4.69, 9.17) is 11.5 Å². The first-order valence-electron chi connectivity index (χ1n) is 13.1. The first-order chi connectivity index (χ1) is 17.1. The molecule has 1 aromatic heterocycles. The minimum atomic E-state index is -0.878. The van der Waals surface area contributed by atoms with Crippen LogP contribution in [0.15, 0.2) is 41.3 Å². The van der Waals surface area contributed by atoms with Crippen LogP contribution in [0.3, 0.4) is 0 Å². The standard InChI is InChI=1S/C27H39N7O2/c1-26(2,29)24(35)33-17-15-32(16-18-33)23-8-12-34(25(36)30-23)21-5-3-20(4-6-21)19-31-13-10-27(11-14-31)9-7-22(27)28/h3-6,8,12,22H,7,9-11,13-19,28-29H2,1-2H3. The van der Waals surface area contributed by atoms with Gasteiger partial charge in [0.05, 0.1) is 11.2 Å². The number of amides is 1. The van der Waals surface area contributed by atoms with Crippen LogP contribution in [0.1, 0.15) is 45.1 Å². The van der Waals surface area contributed by atoms with E-state index < -0.39 is 5.54 Å². The molecule has 2 aliphatic heterocycles. The van der Waals surface area contributed by atoms with Gasteiger partial charge in [-0.25, -0.2) is 4.79 Å². The van der Waals surface area contributed by atoms with Gasteiger partial charge in [-0.1, -0.05) is 12.1 Å². The van der Waals surface area contributed by atoms with Gasteiger partial charge in [-0.2, -0.15) is 4.98 Å². The van der Waals surface area contributed by atoms with E-state index in [0.29, 0.717) is 43.5 Å². The van der Waals surface area contributed by atoms with Crippen molar-refractivity contribution in [2.75, 3.05) is 44.2 Å². The van der Waals surface area contributed by atoms with Crippen LogP contribution >= 0.6 is 0 Å². The summed E-state index contributed by atoms with van der Waals surface area (Å²) >= 11 is 0. The summed E-state index contributed by atoms with van der Waals surface area (Å²) in [6.45, 7) is 8.96. The third-order valence-electron chi connectivity index (χ3n) is 8.44. The van der Waals surface area contributed by atoms with Gasteiger partial charge in [-0.15, -0.1) is 0 Å². The van der Waals surface area contributed by atoms with Crippen molar-refractivity contribution in [3.63, 3.8) is 0 Å². The zero-order chi connectivity index (χ0) is 25.5. The molecular weight excluding hydrogens is 454 g/mol. The number of rotatable bonds is 5. The molecule has 3 aliphatic rings. The highest BCUT2D eigenvalue weighted by atomic mass is 16.2. The van der Waals surface area contributed by atoms with Crippen molar-refractivity contribution < 1.29 is 4.79 Å². The van der Waals surface area contributed by atoms with Gasteiger partial charge in [0.25, 0.3) is 0 Å². The minimum absolute atomic E-state index is 0.0549. The van der Waals surface area contributed by atoms with Crippen LogP contribution in [-0.2, 0) is 11.3 Å². The summed E-state index contributed by atoms with van der Waals surface area (Å²) in [5, 5.41) is 0. The van der Waals surface area contributed by atoms with Crippen LogP contribution in [0.4, 0.5) is 5.82 Å². The molecule has 1 spiro atoms. The molecule has 0 bridgehead atoms. The molecule has 9 heteroatoms. The number of benzene rings is 1. The fourth-order valence-corrected chi connectivity index (χ4v) is 5.83. The maximum atomic E-state index is 12.8. The van der Waals surface area contributed by atoms with E-state index in [-0.39, 0.29) is 11.6 Å². The fraction of sp³-hybridized carbons (Fsp3) is 0.593. The number of carbonyl (C=O) groups excluding carboxylic acids is 1. The third-order valence-corrected chi connectivity index (χ3v) is 8.44. The summed E-state index contributed by atoms with van der Waals surface area (Å²) in [4.78, 5) is 35.9. The summed E-state index contributed by atoms with van der Waals surface area (Å²) in [6, 6.07) is 10.5.